The monoisotopic (exact) mass is 346 g/mol. The summed E-state index contributed by atoms with van der Waals surface area (Å²) in [6.07, 6.45) is 3.16. The highest BCUT2D eigenvalue weighted by atomic mass is 35.5. The first-order valence-electron chi connectivity index (χ1n) is 7.05. The third kappa shape index (κ3) is 4.19. The first-order chi connectivity index (χ1) is 10.4. The van der Waals surface area contributed by atoms with E-state index in [2.05, 4.69) is 14.8 Å². The molecule has 0 unspecified atom stereocenters. The molecule has 1 saturated heterocycles. The van der Waals surface area contributed by atoms with Crippen LogP contribution in [0.3, 0.4) is 0 Å². The van der Waals surface area contributed by atoms with Crippen LogP contribution in [0.25, 0.3) is 0 Å². The third-order valence-corrected chi connectivity index (χ3v) is 5.32. The van der Waals surface area contributed by atoms with Gasteiger partial charge in [0.1, 0.15) is 0 Å². The second kappa shape index (κ2) is 7.41. The van der Waals surface area contributed by atoms with Gasteiger partial charge in [-0.2, -0.15) is 0 Å². The second-order valence-electron chi connectivity index (χ2n) is 5.13. The van der Waals surface area contributed by atoms with Crippen LogP contribution in [0.5, 0.6) is 0 Å². The number of methoxy groups -OCH3 is 1. The summed E-state index contributed by atoms with van der Waals surface area (Å²) in [5.41, 5.74) is 0.136. The van der Waals surface area contributed by atoms with E-state index in [0.29, 0.717) is 6.54 Å². The lowest BCUT2D eigenvalue weighted by Crippen LogP contribution is -2.43. The first-order valence-corrected chi connectivity index (χ1v) is 8.91. The molecule has 1 aromatic rings. The van der Waals surface area contributed by atoms with Crippen molar-refractivity contribution in [2.45, 2.75) is 30.2 Å². The number of ether oxygens (including phenoxy) is 1. The predicted octanol–water partition coefficient (Wildman–Crippen LogP) is 1.55. The minimum absolute atomic E-state index is 0.0287. The van der Waals surface area contributed by atoms with Gasteiger partial charge < -0.3 is 10.1 Å². The number of hydrogen-bond acceptors (Lipinski definition) is 5. The number of carbonyl (C=O) groups excluding carboxylic acids is 1. The largest absolute Gasteiger partial charge is 0.465 e. The van der Waals surface area contributed by atoms with Gasteiger partial charge in [0.25, 0.3) is 0 Å². The Kier molecular flexibility index (Phi) is 5.80. The fraction of sp³-hybridized carbons (Fsp3) is 0.500. The highest BCUT2D eigenvalue weighted by Crippen LogP contribution is 2.21. The number of benzene rings is 1. The standard InChI is InChI=1S/C14H19ClN2O4S/c1-21-14(18)12-6-5-11(8-13(12)15)22(19,20)17-9-10-4-2-3-7-16-10/h5-6,8,10,16-17H,2-4,7,9H2,1H3/t10-/m0/s1. The summed E-state index contributed by atoms with van der Waals surface area (Å²) in [6.45, 7) is 1.24. The van der Waals surface area contributed by atoms with Gasteiger partial charge in [-0.05, 0) is 37.6 Å². The van der Waals surface area contributed by atoms with Crippen LogP contribution in [0.4, 0.5) is 0 Å². The van der Waals surface area contributed by atoms with Crippen molar-refractivity contribution >= 4 is 27.6 Å². The molecule has 6 nitrogen and oxygen atoms in total. The zero-order valence-corrected chi connectivity index (χ0v) is 13.8. The molecular formula is C14H19ClN2O4S. The number of sulfonamides is 1. The SMILES string of the molecule is COC(=O)c1ccc(S(=O)(=O)NC[C@@H]2CCCCN2)cc1Cl. The normalized spacial score (nSPS) is 18.9. The van der Waals surface area contributed by atoms with E-state index in [0.717, 1.165) is 25.8 Å². The van der Waals surface area contributed by atoms with Crippen LogP contribution in [0.1, 0.15) is 29.6 Å². The smallest absolute Gasteiger partial charge is 0.339 e. The van der Waals surface area contributed by atoms with Crippen molar-refractivity contribution in [2.75, 3.05) is 20.2 Å². The molecule has 8 heteroatoms. The summed E-state index contributed by atoms with van der Waals surface area (Å²) in [5, 5.41) is 3.32. The number of rotatable bonds is 5. The molecule has 2 N–H and O–H groups in total. The van der Waals surface area contributed by atoms with E-state index in [1.165, 1.54) is 25.3 Å². The molecular weight excluding hydrogens is 328 g/mol. The average molecular weight is 347 g/mol. The van der Waals surface area contributed by atoms with Crippen LogP contribution < -0.4 is 10.0 Å². The molecule has 2 rings (SSSR count). The third-order valence-electron chi connectivity index (χ3n) is 3.59. The summed E-state index contributed by atoms with van der Waals surface area (Å²) in [6, 6.07) is 4.09. The molecule has 0 amide bonds. The molecule has 0 aromatic heterocycles. The van der Waals surface area contributed by atoms with Gasteiger partial charge in [0.15, 0.2) is 0 Å². The van der Waals surface area contributed by atoms with Crippen molar-refractivity contribution in [3.8, 4) is 0 Å². The van der Waals surface area contributed by atoms with Crippen LogP contribution in [0, 0.1) is 0 Å². The van der Waals surface area contributed by atoms with Crippen LogP contribution in [-0.2, 0) is 14.8 Å². The molecule has 1 aromatic carbocycles. The number of nitrogens with one attached hydrogen (secondary N) is 2. The molecule has 122 valence electrons. The van der Waals surface area contributed by atoms with Crippen molar-refractivity contribution < 1.29 is 17.9 Å². The van der Waals surface area contributed by atoms with Crippen molar-refractivity contribution in [1.82, 2.24) is 10.0 Å². The Balaban J connectivity index is 2.08. The summed E-state index contributed by atoms with van der Waals surface area (Å²) >= 11 is 5.95. The quantitative estimate of drug-likeness (QED) is 0.790. The van der Waals surface area contributed by atoms with Crippen molar-refractivity contribution in [2.24, 2.45) is 0 Å². The fourth-order valence-corrected chi connectivity index (χ4v) is 3.76. The average Bonchev–Trinajstić information content (AvgIpc) is 2.53. The van der Waals surface area contributed by atoms with Gasteiger partial charge in [-0.25, -0.2) is 17.9 Å². The summed E-state index contributed by atoms with van der Waals surface area (Å²) < 4.78 is 31.7. The van der Waals surface area contributed by atoms with Crippen LogP contribution in [-0.4, -0.2) is 40.6 Å². The molecule has 1 atom stereocenters. The van der Waals surface area contributed by atoms with Crippen LogP contribution in [0.2, 0.25) is 5.02 Å². The Bertz CT molecular complexity index is 642. The van der Waals surface area contributed by atoms with Gasteiger partial charge in [0.2, 0.25) is 10.0 Å². The van der Waals surface area contributed by atoms with Gasteiger partial charge in [-0.1, -0.05) is 18.0 Å². The van der Waals surface area contributed by atoms with E-state index in [9.17, 15) is 13.2 Å². The van der Waals surface area contributed by atoms with E-state index in [1.807, 2.05) is 0 Å². The molecule has 0 spiro atoms. The molecule has 1 aliphatic rings. The first kappa shape index (κ1) is 17.2. The molecule has 0 radical (unpaired) electrons. The van der Waals surface area contributed by atoms with Crippen LogP contribution in [0.15, 0.2) is 23.1 Å². The minimum atomic E-state index is -3.66. The number of esters is 1. The van der Waals surface area contributed by atoms with Gasteiger partial charge >= 0.3 is 5.97 Å². The maximum atomic E-state index is 12.3. The van der Waals surface area contributed by atoms with Crippen molar-refractivity contribution in [3.05, 3.63) is 28.8 Å². The number of hydrogen-bond donors (Lipinski definition) is 2. The van der Waals surface area contributed by atoms with E-state index in [4.69, 9.17) is 11.6 Å². The zero-order chi connectivity index (χ0) is 16.2. The maximum Gasteiger partial charge on any atom is 0.339 e. The minimum Gasteiger partial charge on any atom is -0.465 e. The van der Waals surface area contributed by atoms with E-state index in [1.54, 1.807) is 0 Å². The molecule has 0 bridgehead atoms. The van der Waals surface area contributed by atoms with Crippen molar-refractivity contribution in [1.29, 1.82) is 0 Å². The summed E-state index contributed by atoms with van der Waals surface area (Å²) in [7, 11) is -2.42. The van der Waals surface area contributed by atoms with Gasteiger partial charge in [-0.3, -0.25) is 0 Å². The predicted molar refractivity (Wildman–Crippen MR) is 83.6 cm³/mol. The maximum absolute atomic E-state index is 12.3. The molecule has 22 heavy (non-hydrogen) atoms. The van der Waals surface area contributed by atoms with Crippen molar-refractivity contribution in [3.63, 3.8) is 0 Å². The Morgan fingerprint density at radius 1 is 1.45 bits per heavy atom. The lowest BCUT2D eigenvalue weighted by atomic mass is 10.1. The van der Waals surface area contributed by atoms with Gasteiger partial charge in [0, 0.05) is 12.6 Å². The lowest BCUT2D eigenvalue weighted by Gasteiger charge is -2.23. The van der Waals surface area contributed by atoms with E-state index < -0.39 is 16.0 Å². The lowest BCUT2D eigenvalue weighted by molar-refractivity contribution is 0.0601. The molecule has 1 fully saturated rings. The highest BCUT2D eigenvalue weighted by Gasteiger charge is 2.20. The van der Waals surface area contributed by atoms with E-state index >= 15 is 0 Å². The molecule has 1 aliphatic heterocycles. The van der Waals surface area contributed by atoms with Gasteiger partial charge in [0.05, 0.1) is 22.6 Å². The summed E-state index contributed by atoms with van der Waals surface area (Å²) in [4.78, 5) is 11.5. The topological polar surface area (TPSA) is 84.5 Å². The number of carbonyl (C=O) groups is 1. The Morgan fingerprint density at radius 2 is 2.23 bits per heavy atom. The van der Waals surface area contributed by atoms with E-state index in [-0.39, 0.29) is 21.5 Å². The Hall–Kier alpha value is -1.15. The number of halogens is 1. The number of piperidine rings is 1. The second-order valence-corrected chi connectivity index (χ2v) is 7.31. The Morgan fingerprint density at radius 3 is 2.82 bits per heavy atom. The van der Waals surface area contributed by atoms with Gasteiger partial charge in [-0.15, -0.1) is 0 Å². The highest BCUT2D eigenvalue weighted by molar-refractivity contribution is 7.89. The van der Waals surface area contributed by atoms with Crippen LogP contribution >= 0.6 is 11.6 Å². The molecule has 0 saturated carbocycles. The molecule has 0 aliphatic carbocycles. The molecule has 1 heterocycles. The Labute approximate surface area is 135 Å². The fourth-order valence-electron chi connectivity index (χ4n) is 2.33. The summed E-state index contributed by atoms with van der Waals surface area (Å²) in [5.74, 6) is -0.603. The zero-order valence-electron chi connectivity index (χ0n) is 12.3.